The number of halogens is 2. The van der Waals surface area contributed by atoms with Crippen molar-refractivity contribution in [1.82, 2.24) is 10.2 Å². The molecule has 242 valence electrons. The minimum atomic E-state index is -4.29. The lowest BCUT2D eigenvalue weighted by Crippen LogP contribution is -2.53. The van der Waals surface area contributed by atoms with E-state index in [1.165, 1.54) is 24.1 Å². The highest BCUT2D eigenvalue weighted by atomic mass is 35.5. The first-order valence-electron chi connectivity index (χ1n) is 14.8. The first-order chi connectivity index (χ1) is 22.1. The maximum absolute atomic E-state index is 14.6. The maximum Gasteiger partial charge on any atom is 0.264 e. The van der Waals surface area contributed by atoms with Gasteiger partial charge in [-0.05, 0) is 60.9 Å². The van der Waals surface area contributed by atoms with Gasteiger partial charge in [0.05, 0.1) is 17.7 Å². The van der Waals surface area contributed by atoms with Crippen LogP contribution in [0.1, 0.15) is 30.0 Å². The van der Waals surface area contributed by atoms with Gasteiger partial charge in [-0.1, -0.05) is 90.8 Å². The first kappa shape index (κ1) is 34.8. The van der Waals surface area contributed by atoms with Crippen LogP contribution in [0.2, 0.25) is 10.0 Å². The van der Waals surface area contributed by atoms with Crippen LogP contribution in [0.4, 0.5) is 5.69 Å². The van der Waals surface area contributed by atoms with Crippen LogP contribution in [0.15, 0.2) is 102 Å². The van der Waals surface area contributed by atoms with Crippen LogP contribution < -0.4 is 14.4 Å². The molecule has 0 radical (unpaired) electrons. The molecule has 0 heterocycles. The highest BCUT2D eigenvalue weighted by Gasteiger charge is 2.36. The lowest BCUT2D eigenvalue weighted by Gasteiger charge is -2.34. The van der Waals surface area contributed by atoms with Crippen LogP contribution in [-0.2, 0) is 32.6 Å². The molecule has 0 bridgehead atoms. The molecule has 0 aliphatic rings. The quantitative estimate of drug-likeness (QED) is 0.160. The van der Waals surface area contributed by atoms with E-state index < -0.39 is 28.5 Å². The Bertz CT molecular complexity index is 1730. The Labute approximate surface area is 280 Å². The van der Waals surface area contributed by atoms with Crippen LogP contribution >= 0.6 is 23.2 Å². The second kappa shape index (κ2) is 16.0. The summed E-state index contributed by atoms with van der Waals surface area (Å²) in [7, 11) is -2.85. The number of sulfonamides is 1. The van der Waals surface area contributed by atoms with Crippen molar-refractivity contribution in [3.05, 3.63) is 124 Å². The van der Waals surface area contributed by atoms with Crippen molar-refractivity contribution in [3.8, 4) is 5.75 Å². The predicted octanol–water partition coefficient (Wildman–Crippen LogP) is 6.67. The molecule has 0 unspecified atom stereocenters. The number of carbonyl (C=O) groups excluding carboxylic acids is 2. The molecule has 0 saturated heterocycles. The monoisotopic (exact) mass is 681 g/mol. The number of hydrogen-bond acceptors (Lipinski definition) is 5. The molecule has 0 aromatic heterocycles. The van der Waals surface area contributed by atoms with Gasteiger partial charge in [0.1, 0.15) is 18.3 Å². The molecule has 0 aliphatic heterocycles. The van der Waals surface area contributed by atoms with Crippen molar-refractivity contribution in [2.24, 2.45) is 0 Å². The Morgan fingerprint density at radius 2 is 1.52 bits per heavy atom. The minimum absolute atomic E-state index is 0.00594. The fraction of sp³-hybridized carbons (Fsp3) is 0.257. The Balaban J connectivity index is 1.87. The highest BCUT2D eigenvalue weighted by Crippen LogP contribution is 2.34. The van der Waals surface area contributed by atoms with Crippen LogP contribution in [-0.4, -0.2) is 51.4 Å². The van der Waals surface area contributed by atoms with Crippen molar-refractivity contribution in [2.75, 3.05) is 24.5 Å². The molecule has 4 aromatic carbocycles. The molecule has 4 rings (SSSR count). The SMILES string of the molecule is CCCNC(=O)[C@@H](Cc1ccccc1)N(Cc1c(Cl)cccc1Cl)C(=O)CN(c1cc(C)ccc1OC)S(=O)(=O)c1ccccc1. The summed E-state index contributed by atoms with van der Waals surface area (Å²) in [5.74, 6) is -0.750. The van der Waals surface area contributed by atoms with E-state index in [0.29, 0.717) is 28.6 Å². The molecule has 8 nitrogen and oxygen atoms in total. The van der Waals surface area contributed by atoms with E-state index in [4.69, 9.17) is 27.9 Å². The fourth-order valence-electron chi connectivity index (χ4n) is 5.00. The molecule has 1 N–H and O–H groups in total. The molecule has 0 spiro atoms. The average molecular weight is 683 g/mol. The van der Waals surface area contributed by atoms with Crippen molar-refractivity contribution in [3.63, 3.8) is 0 Å². The van der Waals surface area contributed by atoms with Crippen LogP contribution in [0.3, 0.4) is 0 Å². The number of rotatable bonds is 14. The number of anilines is 1. The summed E-state index contributed by atoms with van der Waals surface area (Å²) >= 11 is 13.1. The summed E-state index contributed by atoms with van der Waals surface area (Å²) in [6.07, 6.45) is 0.855. The number of ether oxygens (including phenoxy) is 1. The van der Waals surface area contributed by atoms with Gasteiger partial charge in [0, 0.05) is 35.1 Å². The number of carbonyl (C=O) groups is 2. The maximum atomic E-state index is 14.6. The summed E-state index contributed by atoms with van der Waals surface area (Å²) in [5.41, 5.74) is 2.20. The van der Waals surface area contributed by atoms with Crippen molar-refractivity contribution in [2.45, 2.75) is 44.2 Å². The number of hydrogen-bond donors (Lipinski definition) is 1. The number of amides is 2. The fourth-order valence-corrected chi connectivity index (χ4v) is 6.96. The minimum Gasteiger partial charge on any atom is -0.495 e. The molecular formula is C35H37Cl2N3O5S. The van der Waals surface area contributed by atoms with Gasteiger partial charge in [0.2, 0.25) is 11.8 Å². The molecule has 46 heavy (non-hydrogen) atoms. The van der Waals surface area contributed by atoms with Gasteiger partial charge in [0.25, 0.3) is 10.0 Å². The molecule has 0 aliphatic carbocycles. The number of methoxy groups -OCH3 is 1. The molecular weight excluding hydrogens is 645 g/mol. The summed E-state index contributed by atoms with van der Waals surface area (Å²) in [6.45, 7) is 3.37. The van der Waals surface area contributed by atoms with Crippen molar-refractivity contribution >= 4 is 50.7 Å². The largest absolute Gasteiger partial charge is 0.495 e. The molecule has 0 fully saturated rings. The molecule has 1 atom stereocenters. The molecule has 2 amide bonds. The Kier molecular flexibility index (Phi) is 12.1. The van der Waals surface area contributed by atoms with E-state index in [0.717, 1.165) is 15.4 Å². The first-order valence-corrected chi connectivity index (χ1v) is 17.0. The average Bonchev–Trinajstić information content (AvgIpc) is 3.06. The van der Waals surface area contributed by atoms with E-state index in [-0.39, 0.29) is 35.2 Å². The van der Waals surface area contributed by atoms with Gasteiger partial charge < -0.3 is 15.0 Å². The number of benzene rings is 4. The normalized spacial score (nSPS) is 11.8. The standard InChI is InChI=1S/C35H37Cl2N3O5S/c1-4-20-38-35(42)32(22-26-12-7-5-8-13-26)39(23-28-29(36)16-11-17-30(28)37)34(41)24-40(31-21-25(2)18-19-33(31)45-3)46(43,44)27-14-9-6-10-15-27/h5-19,21,32H,4,20,22-24H2,1-3H3,(H,38,42)/t32-/m1/s1. The van der Waals surface area contributed by atoms with E-state index >= 15 is 0 Å². The summed E-state index contributed by atoms with van der Waals surface area (Å²) in [4.78, 5) is 29.8. The summed E-state index contributed by atoms with van der Waals surface area (Å²) < 4.78 is 35.1. The van der Waals surface area contributed by atoms with Gasteiger partial charge in [0.15, 0.2) is 0 Å². The van der Waals surface area contributed by atoms with Crippen molar-refractivity contribution in [1.29, 1.82) is 0 Å². The van der Waals surface area contributed by atoms with Crippen molar-refractivity contribution < 1.29 is 22.7 Å². The lowest BCUT2D eigenvalue weighted by molar-refractivity contribution is -0.140. The smallest absolute Gasteiger partial charge is 0.264 e. The zero-order valence-corrected chi connectivity index (χ0v) is 28.3. The zero-order valence-electron chi connectivity index (χ0n) is 26.0. The van der Waals surface area contributed by atoms with Gasteiger partial charge >= 0.3 is 0 Å². The zero-order chi connectivity index (χ0) is 33.3. The highest BCUT2D eigenvalue weighted by molar-refractivity contribution is 7.92. The third kappa shape index (κ3) is 8.40. The van der Waals surface area contributed by atoms with E-state index in [2.05, 4.69) is 5.32 Å². The molecule has 4 aromatic rings. The number of nitrogens with zero attached hydrogens (tertiary/aromatic N) is 2. The Hall–Kier alpha value is -4.05. The second-order valence-electron chi connectivity index (χ2n) is 10.7. The van der Waals surface area contributed by atoms with Crippen LogP contribution in [0.25, 0.3) is 0 Å². The van der Waals surface area contributed by atoms with E-state index in [1.54, 1.807) is 54.6 Å². The van der Waals surface area contributed by atoms with Gasteiger partial charge in [-0.3, -0.25) is 13.9 Å². The third-order valence-electron chi connectivity index (χ3n) is 7.42. The van der Waals surface area contributed by atoms with Gasteiger partial charge in [-0.25, -0.2) is 8.42 Å². The molecule has 0 saturated carbocycles. The van der Waals surface area contributed by atoms with Crippen LogP contribution in [0.5, 0.6) is 5.75 Å². The van der Waals surface area contributed by atoms with Gasteiger partial charge in [-0.2, -0.15) is 0 Å². The topological polar surface area (TPSA) is 96.0 Å². The van der Waals surface area contributed by atoms with Crippen LogP contribution in [0, 0.1) is 6.92 Å². The van der Waals surface area contributed by atoms with Gasteiger partial charge in [-0.15, -0.1) is 0 Å². The third-order valence-corrected chi connectivity index (χ3v) is 9.91. The van der Waals surface area contributed by atoms with E-state index in [1.807, 2.05) is 44.2 Å². The summed E-state index contributed by atoms with van der Waals surface area (Å²) in [6, 6.07) is 26.2. The Morgan fingerprint density at radius 3 is 2.13 bits per heavy atom. The molecule has 11 heteroatoms. The predicted molar refractivity (Wildman–Crippen MR) is 183 cm³/mol. The number of nitrogens with one attached hydrogen (secondary N) is 1. The Morgan fingerprint density at radius 1 is 0.891 bits per heavy atom. The number of aryl methyl sites for hydroxylation is 1. The second-order valence-corrected chi connectivity index (χ2v) is 13.4. The lowest BCUT2D eigenvalue weighted by atomic mass is 10.0. The van der Waals surface area contributed by atoms with E-state index in [9.17, 15) is 18.0 Å². The summed E-state index contributed by atoms with van der Waals surface area (Å²) in [5, 5.41) is 3.54.